The molecule has 0 bridgehead atoms. The lowest BCUT2D eigenvalue weighted by Gasteiger charge is -2.17. The zero-order valence-corrected chi connectivity index (χ0v) is 14.1. The van der Waals surface area contributed by atoms with E-state index in [-0.39, 0.29) is 11.8 Å². The van der Waals surface area contributed by atoms with Gasteiger partial charge in [0, 0.05) is 17.3 Å². The highest BCUT2D eigenvalue weighted by Crippen LogP contribution is 2.47. The van der Waals surface area contributed by atoms with E-state index in [2.05, 4.69) is 24.5 Å². The molecule has 22 heavy (non-hydrogen) atoms. The molecule has 2 amide bonds. The molecule has 0 unspecified atom stereocenters. The molecule has 5 heteroatoms. The first-order chi connectivity index (χ1) is 10.3. The Hall–Kier alpha value is -1.55. The molecule has 2 N–H and O–H groups in total. The van der Waals surface area contributed by atoms with E-state index in [0.29, 0.717) is 36.0 Å². The number of benzene rings is 1. The van der Waals surface area contributed by atoms with Crippen molar-refractivity contribution in [3.05, 3.63) is 28.8 Å². The number of hydrogen-bond acceptors (Lipinski definition) is 2. The standard InChI is InChI=1S/C17H23ClN2O2/c1-11(2)6-9-19-15(21)17(7-8-17)16(22)20-14-10-13(18)5-4-12(14)3/h4-5,10-11H,6-9H2,1-3H3,(H,19,21)(H,20,22). The molecular weight excluding hydrogens is 300 g/mol. The van der Waals surface area contributed by atoms with Crippen LogP contribution in [0.3, 0.4) is 0 Å². The number of amides is 2. The average molecular weight is 323 g/mol. The predicted molar refractivity (Wildman–Crippen MR) is 89.0 cm³/mol. The second kappa shape index (κ2) is 6.69. The van der Waals surface area contributed by atoms with Gasteiger partial charge in [0.25, 0.3) is 0 Å². The topological polar surface area (TPSA) is 58.2 Å². The molecule has 1 aliphatic rings. The van der Waals surface area contributed by atoms with Crippen molar-refractivity contribution in [2.45, 2.75) is 40.0 Å². The lowest BCUT2D eigenvalue weighted by molar-refractivity contribution is -0.134. The lowest BCUT2D eigenvalue weighted by Crippen LogP contribution is -2.40. The minimum absolute atomic E-state index is 0.162. The molecule has 1 aliphatic carbocycles. The van der Waals surface area contributed by atoms with E-state index < -0.39 is 5.41 Å². The van der Waals surface area contributed by atoms with Crippen molar-refractivity contribution in [2.75, 3.05) is 11.9 Å². The van der Waals surface area contributed by atoms with E-state index in [0.717, 1.165) is 12.0 Å². The molecule has 0 heterocycles. The van der Waals surface area contributed by atoms with Gasteiger partial charge in [-0.15, -0.1) is 0 Å². The maximum atomic E-state index is 12.5. The number of carbonyl (C=O) groups is 2. The molecule has 4 nitrogen and oxygen atoms in total. The van der Waals surface area contributed by atoms with Gasteiger partial charge in [0.2, 0.25) is 11.8 Å². The molecule has 2 rings (SSSR count). The summed E-state index contributed by atoms with van der Waals surface area (Å²) in [5.74, 6) is 0.128. The monoisotopic (exact) mass is 322 g/mol. The molecule has 0 saturated heterocycles. The number of aryl methyl sites for hydroxylation is 1. The first-order valence-corrected chi connectivity index (χ1v) is 8.09. The predicted octanol–water partition coefficient (Wildman–Crippen LogP) is 3.53. The number of hydrogen-bond donors (Lipinski definition) is 2. The van der Waals surface area contributed by atoms with Crippen LogP contribution in [0.1, 0.15) is 38.7 Å². The molecule has 0 atom stereocenters. The van der Waals surface area contributed by atoms with Crippen LogP contribution in [-0.4, -0.2) is 18.4 Å². The summed E-state index contributed by atoms with van der Waals surface area (Å²) >= 11 is 5.96. The second-order valence-corrected chi connectivity index (χ2v) is 6.87. The first-order valence-electron chi connectivity index (χ1n) is 7.71. The van der Waals surface area contributed by atoms with Crippen LogP contribution in [-0.2, 0) is 9.59 Å². The van der Waals surface area contributed by atoms with Crippen molar-refractivity contribution in [3.63, 3.8) is 0 Å². The fourth-order valence-electron chi connectivity index (χ4n) is 2.30. The molecule has 1 aromatic carbocycles. The number of halogens is 1. The van der Waals surface area contributed by atoms with Gasteiger partial charge in [-0.25, -0.2) is 0 Å². The Morgan fingerprint density at radius 2 is 1.95 bits per heavy atom. The van der Waals surface area contributed by atoms with Crippen molar-refractivity contribution in [2.24, 2.45) is 11.3 Å². The first kappa shape index (κ1) is 16.8. The Labute approximate surface area is 136 Å². The summed E-state index contributed by atoms with van der Waals surface area (Å²) in [7, 11) is 0. The van der Waals surface area contributed by atoms with Crippen molar-refractivity contribution < 1.29 is 9.59 Å². The van der Waals surface area contributed by atoms with E-state index in [1.54, 1.807) is 12.1 Å². The van der Waals surface area contributed by atoms with Crippen LogP contribution in [0.4, 0.5) is 5.69 Å². The van der Waals surface area contributed by atoms with Gasteiger partial charge >= 0.3 is 0 Å². The molecule has 0 aromatic heterocycles. The van der Waals surface area contributed by atoms with Gasteiger partial charge in [0.1, 0.15) is 5.41 Å². The molecule has 0 radical (unpaired) electrons. The van der Waals surface area contributed by atoms with E-state index in [4.69, 9.17) is 11.6 Å². The Balaban J connectivity index is 1.99. The largest absolute Gasteiger partial charge is 0.355 e. The number of anilines is 1. The van der Waals surface area contributed by atoms with Gasteiger partial charge < -0.3 is 10.6 Å². The molecule has 1 aromatic rings. The number of rotatable bonds is 6. The van der Waals surface area contributed by atoms with Gasteiger partial charge in [-0.05, 0) is 49.8 Å². The van der Waals surface area contributed by atoms with Crippen LogP contribution in [0.25, 0.3) is 0 Å². The van der Waals surface area contributed by atoms with Gasteiger partial charge in [0.15, 0.2) is 0 Å². The summed E-state index contributed by atoms with van der Waals surface area (Å²) in [6, 6.07) is 5.33. The van der Waals surface area contributed by atoms with Crippen LogP contribution in [0.2, 0.25) is 5.02 Å². The van der Waals surface area contributed by atoms with E-state index in [9.17, 15) is 9.59 Å². The summed E-state index contributed by atoms with van der Waals surface area (Å²) in [4.78, 5) is 24.8. The Morgan fingerprint density at radius 3 is 2.55 bits per heavy atom. The van der Waals surface area contributed by atoms with Crippen LogP contribution in [0, 0.1) is 18.3 Å². The minimum Gasteiger partial charge on any atom is -0.355 e. The third-order valence-corrected chi connectivity index (χ3v) is 4.31. The summed E-state index contributed by atoms with van der Waals surface area (Å²) in [6.07, 6.45) is 2.12. The van der Waals surface area contributed by atoms with E-state index in [1.165, 1.54) is 0 Å². The lowest BCUT2D eigenvalue weighted by atomic mass is 10.0. The van der Waals surface area contributed by atoms with Crippen LogP contribution >= 0.6 is 11.6 Å². The van der Waals surface area contributed by atoms with Crippen molar-refractivity contribution >= 4 is 29.1 Å². The highest BCUT2D eigenvalue weighted by atomic mass is 35.5. The summed E-state index contributed by atoms with van der Waals surface area (Å²) in [5, 5.41) is 6.30. The molecule has 0 aliphatic heterocycles. The average Bonchev–Trinajstić information content (AvgIpc) is 3.24. The second-order valence-electron chi connectivity index (χ2n) is 6.43. The maximum Gasteiger partial charge on any atom is 0.240 e. The normalized spacial score (nSPS) is 15.5. The van der Waals surface area contributed by atoms with Gasteiger partial charge in [-0.2, -0.15) is 0 Å². The third kappa shape index (κ3) is 3.80. The van der Waals surface area contributed by atoms with Gasteiger partial charge in [-0.1, -0.05) is 31.5 Å². The fourth-order valence-corrected chi connectivity index (χ4v) is 2.47. The summed E-state index contributed by atoms with van der Waals surface area (Å²) in [6.45, 7) is 6.72. The van der Waals surface area contributed by atoms with Crippen LogP contribution in [0.5, 0.6) is 0 Å². The van der Waals surface area contributed by atoms with Crippen LogP contribution < -0.4 is 10.6 Å². The summed E-state index contributed by atoms with van der Waals surface area (Å²) < 4.78 is 0. The van der Waals surface area contributed by atoms with Crippen molar-refractivity contribution in [3.8, 4) is 0 Å². The Kier molecular flexibility index (Phi) is 5.12. The molecule has 1 fully saturated rings. The van der Waals surface area contributed by atoms with E-state index >= 15 is 0 Å². The zero-order chi connectivity index (χ0) is 16.3. The third-order valence-electron chi connectivity index (χ3n) is 4.07. The molecular formula is C17H23ClN2O2. The maximum absolute atomic E-state index is 12.5. The SMILES string of the molecule is Cc1ccc(Cl)cc1NC(=O)C1(C(=O)NCCC(C)C)CC1. The van der Waals surface area contributed by atoms with Crippen molar-refractivity contribution in [1.82, 2.24) is 5.32 Å². The summed E-state index contributed by atoms with van der Waals surface area (Å²) in [5.41, 5.74) is 0.693. The van der Waals surface area contributed by atoms with Crippen LogP contribution in [0.15, 0.2) is 18.2 Å². The quantitative estimate of drug-likeness (QED) is 0.787. The number of nitrogens with one attached hydrogen (secondary N) is 2. The Bertz CT molecular complexity index is 580. The molecule has 1 saturated carbocycles. The minimum atomic E-state index is -0.897. The fraction of sp³-hybridized carbons (Fsp3) is 0.529. The van der Waals surface area contributed by atoms with Crippen molar-refractivity contribution in [1.29, 1.82) is 0 Å². The smallest absolute Gasteiger partial charge is 0.240 e. The Morgan fingerprint density at radius 1 is 1.27 bits per heavy atom. The van der Waals surface area contributed by atoms with Gasteiger partial charge in [0.05, 0.1) is 0 Å². The molecule has 0 spiro atoms. The zero-order valence-electron chi connectivity index (χ0n) is 13.3. The van der Waals surface area contributed by atoms with E-state index in [1.807, 2.05) is 13.0 Å². The van der Waals surface area contributed by atoms with Gasteiger partial charge in [-0.3, -0.25) is 9.59 Å². The highest BCUT2D eigenvalue weighted by molar-refractivity contribution is 6.31. The highest BCUT2D eigenvalue weighted by Gasteiger charge is 2.56. The molecule has 120 valence electrons. The number of carbonyl (C=O) groups excluding carboxylic acids is 2.